The molecule has 0 aromatic heterocycles. The maximum Gasteiger partial charge on any atom is 0.315 e. The van der Waals surface area contributed by atoms with Gasteiger partial charge in [-0.2, -0.15) is 0 Å². The Morgan fingerprint density at radius 1 is 1.03 bits per heavy atom. The molecule has 0 radical (unpaired) electrons. The van der Waals surface area contributed by atoms with Crippen molar-refractivity contribution >= 4 is 17.8 Å². The van der Waals surface area contributed by atoms with Crippen LogP contribution in [-0.2, 0) is 30.4 Å². The molecule has 1 aromatic carbocycles. The molecule has 0 N–H and O–H groups in total. The van der Waals surface area contributed by atoms with E-state index in [1.807, 2.05) is 6.07 Å². The smallest absolute Gasteiger partial charge is 0.315 e. The monoisotopic (exact) mass is 421 g/mol. The summed E-state index contributed by atoms with van der Waals surface area (Å²) in [6.07, 6.45) is 1.73. The van der Waals surface area contributed by atoms with Crippen molar-refractivity contribution in [3.8, 4) is 11.5 Å². The molecule has 1 aliphatic rings. The summed E-state index contributed by atoms with van der Waals surface area (Å²) in [5, 5.41) is 0. The Hall–Kier alpha value is -2.77. The Bertz CT molecular complexity index is 749. The summed E-state index contributed by atoms with van der Waals surface area (Å²) < 4.78 is 20.9. The van der Waals surface area contributed by atoms with Gasteiger partial charge in [-0.1, -0.05) is 6.42 Å². The van der Waals surface area contributed by atoms with Gasteiger partial charge in [0.25, 0.3) is 0 Å². The fourth-order valence-electron chi connectivity index (χ4n) is 3.83. The van der Waals surface area contributed by atoms with Crippen molar-refractivity contribution < 1.29 is 33.3 Å². The topological polar surface area (TPSA) is 91.4 Å². The van der Waals surface area contributed by atoms with Crippen LogP contribution >= 0.6 is 0 Å². The Morgan fingerprint density at radius 3 is 2.40 bits per heavy atom. The van der Waals surface area contributed by atoms with Crippen molar-refractivity contribution in [3.63, 3.8) is 0 Å². The summed E-state index contributed by atoms with van der Waals surface area (Å²) in [4.78, 5) is 39.1. The molecule has 0 bridgehead atoms. The third-order valence-corrected chi connectivity index (χ3v) is 5.23. The first kappa shape index (κ1) is 23.5. The van der Waals surface area contributed by atoms with E-state index in [1.165, 1.54) is 0 Å². The lowest BCUT2D eigenvalue weighted by Gasteiger charge is -2.32. The molecule has 1 fully saturated rings. The van der Waals surface area contributed by atoms with E-state index in [1.54, 1.807) is 45.1 Å². The van der Waals surface area contributed by atoms with Gasteiger partial charge in [0.05, 0.1) is 33.4 Å². The first-order valence-corrected chi connectivity index (χ1v) is 10.3. The molecule has 1 amide bonds. The molecule has 8 nitrogen and oxygen atoms in total. The number of nitrogens with zero attached hydrogens (tertiary/aromatic N) is 1. The summed E-state index contributed by atoms with van der Waals surface area (Å²) in [5.74, 6) is -0.498. The Balaban J connectivity index is 2.33. The summed E-state index contributed by atoms with van der Waals surface area (Å²) in [7, 11) is 3.10. The number of rotatable bonds is 10. The third-order valence-electron chi connectivity index (χ3n) is 5.23. The summed E-state index contributed by atoms with van der Waals surface area (Å²) in [6.45, 7) is 4.13. The van der Waals surface area contributed by atoms with Crippen molar-refractivity contribution in [2.24, 2.45) is 5.92 Å². The Labute approximate surface area is 177 Å². The predicted octanol–water partition coefficient (Wildman–Crippen LogP) is 2.72. The van der Waals surface area contributed by atoms with Gasteiger partial charge in [-0.05, 0) is 38.8 Å². The average molecular weight is 421 g/mol. The molecule has 0 spiro atoms. The molecule has 1 aliphatic carbocycles. The highest BCUT2D eigenvalue weighted by Crippen LogP contribution is 2.34. The highest BCUT2D eigenvalue weighted by molar-refractivity contribution is 5.94. The molecule has 2 atom stereocenters. The number of hydrogen-bond donors (Lipinski definition) is 0. The van der Waals surface area contributed by atoms with Crippen LogP contribution < -0.4 is 9.47 Å². The summed E-state index contributed by atoms with van der Waals surface area (Å²) in [6, 6.07) is 4.98. The van der Waals surface area contributed by atoms with Crippen molar-refractivity contribution in [3.05, 3.63) is 23.8 Å². The first-order chi connectivity index (χ1) is 14.4. The fourth-order valence-corrected chi connectivity index (χ4v) is 3.83. The van der Waals surface area contributed by atoms with E-state index in [0.29, 0.717) is 24.3 Å². The van der Waals surface area contributed by atoms with Crippen molar-refractivity contribution in [2.45, 2.75) is 52.1 Å². The largest absolute Gasteiger partial charge is 0.497 e. The van der Waals surface area contributed by atoms with Crippen LogP contribution in [0.4, 0.5) is 0 Å². The summed E-state index contributed by atoms with van der Waals surface area (Å²) >= 11 is 0. The molecule has 0 saturated heterocycles. The highest BCUT2D eigenvalue weighted by Gasteiger charge is 2.40. The zero-order valence-corrected chi connectivity index (χ0v) is 18.1. The number of amides is 1. The first-order valence-electron chi connectivity index (χ1n) is 10.3. The minimum Gasteiger partial charge on any atom is -0.497 e. The third kappa shape index (κ3) is 5.87. The molecule has 1 aromatic rings. The standard InChI is InChI=1S/C22H31NO7/c1-5-29-21(25)13-20(24)23(18-9-7-8-17(18)22(26)30-6-2)14-15-10-11-16(27-3)12-19(15)28-4/h10-12,17-18H,5-9,13-14H2,1-4H3/t17-,18?/m1/s1. The Kier molecular flexibility index (Phi) is 8.95. The van der Waals surface area contributed by atoms with Crippen LogP contribution in [0.5, 0.6) is 11.5 Å². The zero-order chi connectivity index (χ0) is 22.1. The zero-order valence-electron chi connectivity index (χ0n) is 18.1. The van der Waals surface area contributed by atoms with Crippen LogP contribution in [0.25, 0.3) is 0 Å². The second-order valence-corrected chi connectivity index (χ2v) is 7.04. The van der Waals surface area contributed by atoms with Gasteiger partial charge < -0.3 is 23.8 Å². The van der Waals surface area contributed by atoms with Crippen molar-refractivity contribution in [2.75, 3.05) is 27.4 Å². The minimum atomic E-state index is -0.583. The van der Waals surface area contributed by atoms with E-state index in [9.17, 15) is 14.4 Å². The number of carbonyl (C=O) groups excluding carboxylic acids is 3. The van der Waals surface area contributed by atoms with Crippen molar-refractivity contribution in [1.82, 2.24) is 4.90 Å². The minimum absolute atomic E-state index is 0.200. The molecule has 166 valence electrons. The number of carbonyl (C=O) groups is 3. The normalized spacial score (nSPS) is 17.9. The Morgan fingerprint density at radius 2 is 1.77 bits per heavy atom. The molecule has 0 heterocycles. The van der Waals surface area contributed by atoms with E-state index in [-0.39, 0.29) is 44.1 Å². The second-order valence-electron chi connectivity index (χ2n) is 7.04. The fraction of sp³-hybridized carbons (Fsp3) is 0.591. The molecule has 2 rings (SSSR count). The van der Waals surface area contributed by atoms with Gasteiger partial charge in [0, 0.05) is 24.2 Å². The lowest BCUT2D eigenvalue weighted by molar-refractivity contribution is -0.153. The second kappa shape index (κ2) is 11.4. The van der Waals surface area contributed by atoms with Crippen LogP contribution in [-0.4, -0.2) is 56.2 Å². The van der Waals surface area contributed by atoms with Gasteiger partial charge in [-0.25, -0.2) is 0 Å². The molecule has 8 heteroatoms. The van der Waals surface area contributed by atoms with E-state index in [2.05, 4.69) is 0 Å². The molecular formula is C22H31NO7. The van der Waals surface area contributed by atoms with Gasteiger partial charge >= 0.3 is 11.9 Å². The van der Waals surface area contributed by atoms with Crippen LogP contribution in [0.2, 0.25) is 0 Å². The van der Waals surface area contributed by atoms with Crippen molar-refractivity contribution in [1.29, 1.82) is 0 Å². The number of benzene rings is 1. The molecule has 0 aliphatic heterocycles. The van der Waals surface area contributed by atoms with Crippen LogP contribution in [0.1, 0.15) is 45.1 Å². The SMILES string of the molecule is CCOC(=O)CC(=O)N(Cc1ccc(OC)cc1OC)C1CCC[C@H]1C(=O)OCC. The van der Waals surface area contributed by atoms with Gasteiger partial charge in [-0.3, -0.25) is 14.4 Å². The molecule has 1 unspecified atom stereocenters. The number of hydrogen-bond acceptors (Lipinski definition) is 7. The van der Waals surface area contributed by atoms with Crippen LogP contribution in [0.15, 0.2) is 18.2 Å². The van der Waals surface area contributed by atoms with Gasteiger partial charge in [0.15, 0.2) is 0 Å². The van der Waals surface area contributed by atoms with E-state index in [0.717, 1.165) is 12.0 Å². The van der Waals surface area contributed by atoms with Crippen LogP contribution in [0, 0.1) is 5.92 Å². The maximum absolute atomic E-state index is 13.1. The summed E-state index contributed by atoms with van der Waals surface area (Å²) in [5.41, 5.74) is 0.755. The van der Waals surface area contributed by atoms with Gasteiger partial charge in [0.2, 0.25) is 5.91 Å². The molecular weight excluding hydrogens is 390 g/mol. The van der Waals surface area contributed by atoms with Gasteiger partial charge in [-0.15, -0.1) is 0 Å². The number of ether oxygens (including phenoxy) is 4. The van der Waals surface area contributed by atoms with Crippen LogP contribution in [0.3, 0.4) is 0 Å². The highest BCUT2D eigenvalue weighted by atomic mass is 16.5. The van der Waals surface area contributed by atoms with Gasteiger partial charge in [0.1, 0.15) is 17.9 Å². The quantitative estimate of drug-likeness (QED) is 0.424. The predicted molar refractivity (Wildman–Crippen MR) is 109 cm³/mol. The number of esters is 2. The maximum atomic E-state index is 13.1. The number of methoxy groups -OCH3 is 2. The van der Waals surface area contributed by atoms with E-state index in [4.69, 9.17) is 18.9 Å². The molecule has 1 saturated carbocycles. The molecule has 30 heavy (non-hydrogen) atoms. The average Bonchev–Trinajstić information content (AvgIpc) is 3.21. The lowest BCUT2D eigenvalue weighted by atomic mass is 10.0. The van der Waals surface area contributed by atoms with E-state index < -0.39 is 11.9 Å². The van der Waals surface area contributed by atoms with E-state index >= 15 is 0 Å². The lowest BCUT2D eigenvalue weighted by Crippen LogP contribution is -2.45.